The van der Waals surface area contributed by atoms with Gasteiger partial charge >= 0.3 is 0 Å². The minimum atomic E-state index is -0.363. The maximum absolute atomic E-state index is 13.1. The molecule has 0 radical (unpaired) electrons. The van der Waals surface area contributed by atoms with Crippen molar-refractivity contribution in [2.75, 3.05) is 5.32 Å². The maximum atomic E-state index is 13.1. The lowest BCUT2D eigenvalue weighted by molar-refractivity contribution is 0.101. The molecule has 0 saturated carbocycles. The smallest absolute Gasteiger partial charge is 0.272 e. The minimum absolute atomic E-state index is 0.231. The van der Waals surface area contributed by atoms with Crippen LogP contribution < -0.4 is 5.32 Å². The van der Waals surface area contributed by atoms with Crippen molar-refractivity contribution in [1.82, 2.24) is 4.57 Å². The van der Waals surface area contributed by atoms with E-state index in [-0.39, 0.29) is 11.7 Å². The highest BCUT2D eigenvalue weighted by atomic mass is 79.9. The molecule has 1 aromatic carbocycles. The number of aryl methyl sites for hydroxylation is 1. The predicted octanol–water partition coefficient (Wildman–Crippen LogP) is 4.42. The van der Waals surface area contributed by atoms with Crippen LogP contribution >= 0.6 is 31.9 Å². The second-order valence-electron chi connectivity index (χ2n) is 3.91. The molecule has 1 heterocycles. The summed E-state index contributed by atoms with van der Waals surface area (Å²) in [4.78, 5) is 12.1. The summed E-state index contributed by atoms with van der Waals surface area (Å²) in [5.74, 6) is -0.594. The lowest BCUT2D eigenvalue weighted by atomic mass is 10.3. The topological polar surface area (TPSA) is 34.0 Å². The quantitative estimate of drug-likeness (QED) is 0.827. The number of carbonyl (C=O) groups excluding carboxylic acids is 1. The Labute approximate surface area is 127 Å². The van der Waals surface area contributed by atoms with Crippen molar-refractivity contribution in [1.29, 1.82) is 0 Å². The van der Waals surface area contributed by atoms with Crippen molar-refractivity contribution >= 4 is 43.5 Å². The molecule has 6 heteroatoms. The van der Waals surface area contributed by atoms with E-state index in [9.17, 15) is 9.18 Å². The number of hydrogen-bond donors (Lipinski definition) is 1. The summed E-state index contributed by atoms with van der Waals surface area (Å²) in [6.07, 6.45) is 1.84. The zero-order chi connectivity index (χ0) is 14.0. The van der Waals surface area contributed by atoms with Gasteiger partial charge in [0.05, 0.1) is 4.47 Å². The molecule has 2 rings (SSSR count). The van der Waals surface area contributed by atoms with Gasteiger partial charge in [-0.2, -0.15) is 0 Å². The minimum Gasteiger partial charge on any atom is -0.343 e. The number of aromatic nitrogens is 1. The number of nitrogens with zero attached hydrogens (tertiary/aromatic N) is 1. The first kappa shape index (κ1) is 14.3. The van der Waals surface area contributed by atoms with Crippen LogP contribution in [0.1, 0.15) is 17.4 Å². The standard InChI is InChI=1S/C13H11Br2FN2O/c1-2-18-7-8(14)5-12(18)13(19)17-9-3-4-11(16)10(15)6-9/h3-7H,2H2,1H3,(H,17,19). The Balaban J connectivity index is 2.22. The van der Waals surface area contributed by atoms with Crippen molar-refractivity contribution in [3.05, 3.63) is 50.9 Å². The molecule has 1 N–H and O–H groups in total. The summed E-state index contributed by atoms with van der Waals surface area (Å²) >= 11 is 6.43. The van der Waals surface area contributed by atoms with Gasteiger partial charge in [0.1, 0.15) is 11.5 Å². The molecule has 2 aromatic rings. The molecule has 1 amide bonds. The zero-order valence-electron chi connectivity index (χ0n) is 10.1. The molecule has 19 heavy (non-hydrogen) atoms. The van der Waals surface area contributed by atoms with Crippen LogP contribution in [0.2, 0.25) is 0 Å². The molecular weight excluding hydrogens is 379 g/mol. The number of carbonyl (C=O) groups is 1. The fourth-order valence-corrected chi connectivity index (χ4v) is 2.54. The number of amides is 1. The van der Waals surface area contributed by atoms with Gasteiger partial charge in [0.25, 0.3) is 5.91 Å². The SMILES string of the molecule is CCn1cc(Br)cc1C(=O)Nc1ccc(F)c(Br)c1. The van der Waals surface area contributed by atoms with Gasteiger partial charge in [-0.25, -0.2) is 4.39 Å². The third kappa shape index (κ3) is 3.25. The third-order valence-electron chi connectivity index (χ3n) is 2.61. The second-order valence-corrected chi connectivity index (χ2v) is 5.68. The largest absolute Gasteiger partial charge is 0.343 e. The molecular formula is C13H11Br2FN2O. The Morgan fingerprint density at radius 1 is 1.37 bits per heavy atom. The van der Waals surface area contributed by atoms with Crippen LogP contribution in [-0.4, -0.2) is 10.5 Å². The summed E-state index contributed by atoms with van der Waals surface area (Å²) < 4.78 is 16.1. The molecule has 100 valence electrons. The molecule has 3 nitrogen and oxygen atoms in total. The highest BCUT2D eigenvalue weighted by Gasteiger charge is 2.13. The summed E-state index contributed by atoms with van der Waals surface area (Å²) in [6, 6.07) is 6.10. The summed E-state index contributed by atoms with van der Waals surface area (Å²) in [5.41, 5.74) is 1.09. The van der Waals surface area contributed by atoms with Crippen molar-refractivity contribution in [2.45, 2.75) is 13.5 Å². The third-order valence-corrected chi connectivity index (χ3v) is 3.66. The van der Waals surface area contributed by atoms with Crippen molar-refractivity contribution < 1.29 is 9.18 Å². The first-order valence-corrected chi connectivity index (χ1v) is 7.22. The Hall–Kier alpha value is -1.14. The molecule has 0 aliphatic heterocycles. The van der Waals surface area contributed by atoms with Crippen molar-refractivity contribution in [3.8, 4) is 0 Å². The van der Waals surface area contributed by atoms with Crippen LogP contribution in [-0.2, 0) is 6.54 Å². The summed E-state index contributed by atoms with van der Waals surface area (Å²) in [5, 5.41) is 2.74. The van der Waals surface area contributed by atoms with E-state index in [1.807, 2.05) is 17.7 Å². The molecule has 0 spiro atoms. The average Bonchev–Trinajstić information content (AvgIpc) is 2.75. The first-order valence-electron chi connectivity index (χ1n) is 5.63. The second kappa shape index (κ2) is 5.88. The van der Waals surface area contributed by atoms with E-state index in [1.54, 1.807) is 6.07 Å². The van der Waals surface area contributed by atoms with Gasteiger partial charge in [-0.05, 0) is 63.0 Å². The van der Waals surface area contributed by atoms with Crippen LogP contribution in [0.15, 0.2) is 39.4 Å². The van der Waals surface area contributed by atoms with Gasteiger partial charge in [0.15, 0.2) is 0 Å². The van der Waals surface area contributed by atoms with E-state index >= 15 is 0 Å². The fourth-order valence-electron chi connectivity index (χ4n) is 1.70. The van der Waals surface area contributed by atoms with Crippen LogP contribution in [0.5, 0.6) is 0 Å². The van der Waals surface area contributed by atoms with Gasteiger partial charge in [-0.15, -0.1) is 0 Å². The van der Waals surface area contributed by atoms with E-state index in [0.717, 1.165) is 4.47 Å². The number of rotatable bonds is 3. The predicted molar refractivity (Wildman–Crippen MR) is 79.9 cm³/mol. The Morgan fingerprint density at radius 2 is 2.11 bits per heavy atom. The molecule has 0 bridgehead atoms. The number of hydrogen-bond acceptors (Lipinski definition) is 1. The summed E-state index contributed by atoms with van der Waals surface area (Å²) in [7, 11) is 0. The first-order chi connectivity index (χ1) is 9.01. The lowest BCUT2D eigenvalue weighted by Crippen LogP contribution is -2.16. The van der Waals surface area contributed by atoms with Gasteiger partial charge < -0.3 is 9.88 Å². The number of benzene rings is 1. The van der Waals surface area contributed by atoms with Crippen molar-refractivity contribution in [2.24, 2.45) is 0 Å². The van der Waals surface area contributed by atoms with Gasteiger partial charge in [-0.3, -0.25) is 4.79 Å². The molecule has 0 aliphatic rings. The number of nitrogens with one attached hydrogen (secondary N) is 1. The van der Waals surface area contributed by atoms with Crippen LogP contribution in [0.3, 0.4) is 0 Å². The highest BCUT2D eigenvalue weighted by Crippen LogP contribution is 2.21. The monoisotopic (exact) mass is 388 g/mol. The average molecular weight is 390 g/mol. The van der Waals surface area contributed by atoms with Crippen LogP contribution in [0.4, 0.5) is 10.1 Å². The highest BCUT2D eigenvalue weighted by molar-refractivity contribution is 9.10. The van der Waals surface area contributed by atoms with Gasteiger partial charge in [0, 0.05) is 22.9 Å². The molecule has 0 unspecified atom stereocenters. The number of halogens is 3. The maximum Gasteiger partial charge on any atom is 0.272 e. The Bertz CT molecular complexity index is 625. The fraction of sp³-hybridized carbons (Fsp3) is 0.154. The normalized spacial score (nSPS) is 10.5. The molecule has 0 saturated heterocycles. The number of anilines is 1. The van der Waals surface area contributed by atoms with E-state index in [4.69, 9.17) is 0 Å². The van der Waals surface area contributed by atoms with E-state index in [2.05, 4.69) is 37.2 Å². The molecule has 1 aromatic heterocycles. The van der Waals surface area contributed by atoms with Crippen LogP contribution in [0, 0.1) is 5.82 Å². The molecule has 0 aliphatic carbocycles. The Kier molecular flexibility index (Phi) is 4.42. The van der Waals surface area contributed by atoms with E-state index < -0.39 is 0 Å². The molecule has 0 atom stereocenters. The summed E-state index contributed by atoms with van der Waals surface area (Å²) in [6.45, 7) is 2.65. The van der Waals surface area contributed by atoms with Crippen LogP contribution in [0.25, 0.3) is 0 Å². The van der Waals surface area contributed by atoms with Crippen molar-refractivity contribution in [3.63, 3.8) is 0 Å². The zero-order valence-corrected chi connectivity index (χ0v) is 13.3. The van der Waals surface area contributed by atoms with Gasteiger partial charge in [0.2, 0.25) is 0 Å². The lowest BCUT2D eigenvalue weighted by Gasteiger charge is -2.08. The Morgan fingerprint density at radius 3 is 2.74 bits per heavy atom. The van der Waals surface area contributed by atoms with Gasteiger partial charge in [-0.1, -0.05) is 0 Å². The van der Waals surface area contributed by atoms with E-state index in [1.165, 1.54) is 18.2 Å². The molecule has 0 fully saturated rings. The van der Waals surface area contributed by atoms with E-state index in [0.29, 0.717) is 22.4 Å².